The average Bonchev–Trinajstić information content (AvgIpc) is 2.71. The SMILES string of the molecule is Cl.NCCc1nnc2n1CCC(c1ccccc1)CC2. The molecule has 1 aliphatic rings. The Kier molecular flexibility index (Phi) is 5.15. The van der Waals surface area contributed by atoms with Crippen LogP contribution >= 0.6 is 12.4 Å². The molecule has 0 bridgehead atoms. The Morgan fingerprint density at radius 1 is 1.15 bits per heavy atom. The van der Waals surface area contributed by atoms with Gasteiger partial charge in [-0.3, -0.25) is 0 Å². The molecule has 20 heavy (non-hydrogen) atoms. The molecule has 0 saturated heterocycles. The lowest BCUT2D eigenvalue weighted by atomic mass is 9.92. The first-order chi connectivity index (χ1) is 9.38. The van der Waals surface area contributed by atoms with Gasteiger partial charge in [-0.05, 0) is 30.9 Å². The first-order valence-electron chi connectivity index (χ1n) is 7.04. The lowest BCUT2D eigenvalue weighted by Gasteiger charge is -2.14. The minimum absolute atomic E-state index is 0. The molecule has 1 atom stereocenters. The van der Waals surface area contributed by atoms with Crippen molar-refractivity contribution in [3.05, 3.63) is 47.5 Å². The fraction of sp³-hybridized carbons (Fsp3) is 0.467. The number of hydrogen-bond donors (Lipinski definition) is 1. The maximum Gasteiger partial charge on any atom is 0.134 e. The van der Waals surface area contributed by atoms with E-state index in [9.17, 15) is 0 Å². The van der Waals surface area contributed by atoms with E-state index in [2.05, 4.69) is 45.1 Å². The Labute approximate surface area is 125 Å². The molecule has 1 aliphatic heterocycles. The number of hydrogen-bond acceptors (Lipinski definition) is 3. The molecule has 3 rings (SSSR count). The quantitative estimate of drug-likeness (QED) is 0.944. The van der Waals surface area contributed by atoms with Crippen LogP contribution in [0.2, 0.25) is 0 Å². The van der Waals surface area contributed by atoms with Crippen molar-refractivity contribution in [1.82, 2.24) is 14.8 Å². The van der Waals surface area contributed by atoms with Gasteiger partial charge in [0.25, 0.3) is 0 Å². The second-order valence-electron chi connectivity index (χ2n) is 5.16. The first-order valence-corrected chi connectivity index (χ1v) is 7.04. The van der Waals surface area contributed by atoms with E-state index in [0.717, 1.165) is 43.9 Å². The molecule has 4 nitrogen and oxygen atoms in total. The molecule has 1 aromatic carbocycles. The van der Waals surface area contributed by atoms with Gasteiger partial charge in [-0.25, -0.2) is 0 Å². The number of halogens is 1. The monoisotopic (exact) mass is 292 g/mol. The molecule has 0 saturated carbocycles. The largest absolute Gasteiger partial charge is 0.330 e. The molecule has 0 spiro atoms. The van der Waals surface area contributed by atoms with Crippen molar-refractivity contribution >= 4 is 12.4 Å². The van der Waals surface area contributed by atoms with Crippen molar-refractivity contribution in [3.8, 4) is 0 Å². The minimum atomic E-state index is 0. The Hall–Kier alpha value is -1.39. The van der Waals surface area contributed by atoms with Crippen LogP contribution in [0.15, 0.2) is 30.3 Å². The molecule has 0 aliphatic carbocycles. The summed E-state index contributed by atoms with van der Waals surface area (Å²) < 4.78 is 2.27. The summed E-state index contributed by atoms with van der Waals surface area (Å²) in [6.07, 6.45) is 4.15. The predicted octanol–water partition coefficient (Wildman–Crippen LogP) is 2.32. The van der Waals surface area contributed by atoms with Crippen molar-refractivity contribution in [2.45, 2.75) is 38.1 Å². The molecule has 5 heteroatoms. The van der Waals surface area contributed by atoms with Gasteiger partial charge in [0.15, 0.2) is 0 Å². The van der Waals surface area contributed by atoms with Gasteiger partial charge < -0.3 is 10.3 Å². The zero-order valence-electron chi connectivity index (χ0n) is 11.5. The van der Waals surface area contributed by atoms with E-state index in [-0.39, 0.29) is 12.4 Å². The van der Waals surface area contributed by atoms with Crippen molar-refractivity contribution in [2.75, 3.05) is 6.54 Å². The van der Waals surface area contributed by atoms with Gasteiger partial charge in [0.1, 0.15) is 11.6 Å². The van der Waals surface area contributed by atoms with Crippen LogP contribution in [0, 0.1) is 0 Å². The van der Waals surface area contributed by atoms with Crippen LogP contribution in [0.5, 0.6) is 0 Å². The number of benzene rings is 1. The molecule has 1 unspecified atom stereocenters. The maximum atomic E-state index is 5.63. The second kappa shape index (κ2) is 6.86. The van der Waals surface area contributed by atoms with Crippen molar-refractivity contribution < 1.29 is 0 Å². The van der Waals surface area contributed by atoms with E-state index < -0.39 is 0 Å². The van der Waals surface area contributed by atoms with Crippen LogP contribution in [0.3, 0.4) is 0 Å². The highest BCUT2D eigenvalue weighted by Crippen LogP contribution is 2.28. The molecule has 0 amide bonds. The normalized spacial score (nSPS) is 17.9. The summed E-state index contributed by atoms with van der Waals surface area (Å²) in [6, 6.07) is 10.8. The average molecular weight is 293 g/mol. The summed E-state index contributed by atoms with van der Waals surface area (Å²) in [5, 5.41) is 8.58. The Balaban J connectivity index is 0.00000147. The standard InChI is InChI=1S/C15H20N4.ClH/c16-10-8-15-18-17-14-7-6-13(9-11-19(14)15)12-4-2-1-3-5-12;/h1-5,13H,6-11,16H2;1H. The number of nitrogens with zero attached hydrogens (tertiary/aromatic N) is 3. The van der Waals surface area contributed by atoms with E-state index >= 15 is 0 Å². The number of nitrogens with two attached hydrogens (primary N) is 1. The van der Waals surface area contributed by atoms with Gasteiger partial charge in [-0.2, -0.15) is 0 Å². The van der Waals surface area contributed by atoms with E-state index in [0.29, 0.717) is 12.5 Å². The maximum absolute atomic E-state index is 5.63. The molecule has 0 fully saturated rings. The summed E-state index contributed by atoms with van der Waals surface area (Å²) in [7, 11) is 0. The summed E-state index contributed by atoms with van der Waals surface area (Å²) in [5.41, 5.74) is 7.08. The van der Waals surface area contributed by atoms with Gasteiger partial charge in [-0.1, -0.05) is 30.3 Å². The zero-order valence-corrected chi connectivity index (χ0v) is 12.4. The highest BCUT2D eigenvalue weighted by Gasteiger charge is 2.20. The van der Waals surface area contributed by atoms with Crippen molar-refractivity contribution in [1.29, 1.82) is 0 Å². The molecule has 2 N–H and O–H groups in total. The van der Waals surface area contributed by atoms with Crippen LogP contribution in [0.4, 0.5) is 0 Å². The van der Waals surface area contributed by atoms with E-state index in [1.54, 1.807) is 0 Å². The molecule has 2 heterocycles. The van der Waals surface area contributed by atoms with Crippen molar-refractivity contribution in [3.63, 3.8) is 0 Å². The van der Waals surface area contributed by atoms with E-state index in [4.69, 9.17) is 5.73 Å². The fourth-order valence-corrected chi connectivity index (χ4v) is 2.92. The topological polar surface area (TPSA) is 56.7 Å². The second-order valence-corrected chi connectivity index (χ2v) is 5.16. The van der Waals surface area contributed by atoms with E-state index in [1.165, 1.54) is 5.56 Å². The summed E-state index contributed by atoms with van der Waals surface area (Å²) in [5.74, 6) is 2.81. The summed E-state index contributed by atoms with van der Waals surface area (Å²) in [6.45, 7) is 1.65. The number of rotatable bonds is 3. The predicted molar refractivity (Wildman–Crippen MR) is 82.1 cm³/mol. The smallest absolute Gasteiger partial charge is 0.134 e. The van der Waals surface area contributed by atoms with Gasteiger partial charge in [-0.15, -0.1) is 22.6 Å². The highest BCUT2D eigenvalue weighted by atomic mass is 35.5. The lowest BCUT2D eigenvalue weighted by Crippen LogP contribution is -2.11. The van der Waals surface area contributed by atoms with E-state index in [1.807, 2.05) is 0 Å². The summed E-state index contributed by atoms with van der Waals surface area (Å²) >= 11 is 0. The van der Waals surface area contributed by atoms with Gasteiger partial charge in [0, 0.05) is 19.4 Å². The van der Waals surface area contributed by atoms with Crippen LogP contribution in [0.1, 0.15) is 36.0 Å². The van der Waals surface area contributed by atoms with Crippen LogP contribution in [-0.2, 0) is 19.4 Å². The van der Waals surface area contributed by atoms with Gasteiger partial charge >= 0.3 is 0 Å². The van der Waals surface area contributed by atoms with Crippen LogP contribution in [-0.4, -0.2) is 21.3 Å². The molecule has 108 valence electrons. The number of aromatic nitrogens is 3. The fourth-order valence-electron chi connectivity index (χ4n) is 2.92. The third-order valence-electron chi connectivity index (χ3n) is 3.96. The highest BCUT2D eigenvalue weighted by molar-refractivity contribution is 5.85. The third-order valence-corrected chi connectivity index (χ3v) is 3.96. The Morgan fingerprint density at radius 3 is 2.70 bits per heavy atom. The minimum Gasteiger partial charge on any atom is -0.330 e. The third kappa shape index (κ3) is 3.02. The zero-order chi connectivity index (χ0) is 13.1. The molecular weight excluding hydrogens is 272 g/mol. The molecule has 2 aromatic rings. The van der Waals surface area contributed by atoms with Gasteiger partial charge in [0.2, 0.25) is 0 Å². The van der Waals surface area contributed by atoms with Crippen LogP contribution in [0.25, 0.3) is 0 Å². The van der Waals surface area contributed by atoms with Crippen molar-refractivity contribution in [2.24, 2.45) is 5.73 Å². The lowest BCUT2D eigenvalue weighted by molar-refractivity contribution is 0.548. The van der Waals surface area contributed by atoms with Gasteiger partial charge in [0.05, 0.1) is 0 Å². The Morgan fingerprint density at radius 2 is 1.95 bits per heavy atom. The molecular formula is C15H21ClN4. The molecule has 1 aromatic heterocycles. The summed E-state index contributed by atoms with van der Waals surface area (Å²) in [4.78, 5) is 0. The van der Waals surface area contributed by atoms with Crippen LogP contribution < -0.4 is 5.73 Å². The first kappa shape index (κ1) is 15.0. The molecule has 0 radical (unpaired) electrons. The Bertz CT molecular complexity index is 538. The number of fused-ring (bicyclic) bond motifs is 1. The number of aryl methyl sites for hydroxylation is 1.